The maximum Gasteiger partial charge on any atom is 0.309 e. The Morgan fingerprint density at radius 1 is 0.660 bits per heavy atom. The van der Waals surface area contributed by atoms with E-state index in [4.69, 9.17) is 10.8 Å². The topological polar surface area (TPSA) is 190 Å². The Morgan fingerprint density at radius 2 is 0.979 bits per heavy atom. The van der Waals surface area contributed by atoms with Gasteiger partial charge in [-0.15, -0.1) is 12.4 Å². The number of alkyl halides is 6. The number of carboxylic acids is 1. The summed E-state index contributed by atoms with van der Waals surface area (Å²) in [5.41, 5.74) is 1.35. The van der Waals surface area contributed by atoms with Gasteiger partial charge in [-0.1, -0.05) is 21.8 Å². The van der Waals surface area contributed by atoms with Gasteiger partial charge in [0.2, 0.25) is 45.2 Å². The largest absolute Gasteiger partial charge is 0.481 e. The first-order valence-electron chi connectivity index (χ1n) is 13.7. The average molecular weight is 754 g/mol. The molecule has 0 aromatic rings. The smallest absolute Gasteiger partial charge is 0.309 e. The van der Waals surface area contributed by atoms with E-state index in [1.807, 2.05) is 9.44 Å². The molecule has 0 saturated heterocycles. The quantitative estimate of drug-likeness (QED) is 0.236. The summed E-state index contributed by atoms with van der Waals surface area (Å²) in [5, 5.41) is 8.40. The Morgan fingerprint density at radius 3 is 1.21 bits per heavy atom. The summed E-state index contributed by atoms with van der Waals surface area (Å²) in [6.45, 7) is 5.78. The van der Waals surface area contributed by atoms with Gasteiger partial charge >= 0.3 is 5.97 Å². The minimum atomic E-state index is -3.80. The maximum absolute atomic E-state index is 12.4. The van der Waals surface area contributed by atoms with Crippen molar-refractivity contribution in [1.29, 1.82) is 0 Å². The first kappa shape index (κ1) is 45.1. The van der Waals surface area contributed by atoms with E-state index in [0.717, 1.165) is 0 Å². The summed E-state index contributed by atoms with van der Waals surface area (Å²) in [5.74, 6) is -6.12. The SMILES string of the molecule is C.C.CC1(S(=O)(=O)NC(=O)[C@@]2(C)C[C@H]2C(F)F)CC1.CC1(S(=O)(=O)NC(=O)[C@@]2(N)C[C@H]2C(F)F)CC1.C[C@]1(C(=O)O)C[C@H]1C(F)F.Cl. The Bertz CT molecular complexity index is 1330. The molecule has 0 bridgehead atoms. The summed E-state index contributed by atoms with van der Waals surface area (Å²) in [6, 6.07) is 0. The first-order chi connectivity index (χ1) is 19.7. The number of halogens is 7. The third-order valence-electron chi connectivity index (χ3n) is 9.67. The zero-order valence-electron chi connectivity index (χ0n) is 24.8. The molecule has 0 aliphatic heterocycles. The van der Waals surface area contributed by atoms with Crippen molar-refractivity contribution in [2.45, 2.75) is 122 Å². The van der Waals surface area contributed by atoms with Crippen molar-refractivity contribution in [3.05, 3.63) is 0 Å². The minimum Gasteiger partial charge on any atom is -0.481 e. The van der Waals surface area contributed by atoms with Crippen LogP contribution in [0.2, 0.25) is 0 Å². The van der Waals surface area contributed by atoms with Gasteiger partial charge in [0.1, 0.15) is 5.54 Å². The Hall–Kier alpha value is -1.86. The van der Waals surface area contributed by atoms with E-state index in [-0.39, 0.29) is 46.5 Å². The molecule has 5 saturated carbocycles. The van der Waals surface area contributed by atoms with Crippen LogP contribution in [0.15, 0.2) is 0 Å². The Balaban J connectivity index is 0.000000676. The fourth-order valence-corrected chi connectivity index (χ4v) is 7.19. The molecule has 11 nitrogen and oxygen atoms in total. The second-order valence-corrected chi connectivity index (χ2v) is 17.8. The van der Waals surface area contributed by atoms with Crippen LogP contribution < -0.4 is 15.2 Å². The molecule has 278 valence electrons. The maximum atomic E-state index is 12.4. The van der Waals surface area contributed by atoms with Crippen molar-refractivity contribution < 1.29 is 62.7 Å². The minimum absolute atomic E-state index is 0. The van der Waals surface area contributed by atoms with Gasteiger partial charge in [0.15, 0.2) is 0 Å². The van der Waals surface area contributed by atoms with Crippen LogP contribution in [0.25, 0.3) is 0 Å². The lowest BCUT2D eigenvalue weighted by molar-refractivity contribution is -0.144. The predicted octanol–water partition coefficient (Wildman–Crippen LogP) is 4.30. The van der Waals surface area contributed by atoms with Gasteiger partial charge in [0.25, 0.3) is 5.91 Å². The molecule has 20 heteroatoms. The number of carboxylic acid groups (broad SMARTS) is 1. The number of carbonyl (C=O) groups excluding carboxylic acids is 2. The van der Waals surface area contributed by atoms with Crippen LogP contribution in [0.1, 0.15) is 87.5 Å². The standard InChI is InChI=1S/C10H15F2NO3S.C9H14F2N2O3S.C6H8F2O2.2CH4.ClH/c1-9(3-4-9)17(15,16)13-8(14)10(2)5-6(10)7(11)12;1-8(2-3-8)17(15,16)13-7(14)9(12)4-5(9)6(10)11;1-6(5(9)10)2-3(6)4(7)8;;;/h6-7H,3-5H2,1-2H3,(H,13,14);5-6H,2-4,12H2,1H3,(H,13,14);3-4H,2H2,1H3,(H,9,10);2*1H4;1H/t6-,10-;5-,9+;3-,6-;;;/m000.../s1. The third kappa shape index (κ3) is 9.04. The van der Waals surface area contributed by atoms with Crippen LogP contribution in [0.3, 0.4) is 0 Å². The van der Waals surface area contributed by atoms with E-state index in [0.29, 0.717) is 25.7 Å². The molecule has 0 aromatic carbocycles. The van der Waals surface area contributed by atoms with E-state index in [2.05, 4.69) is 0 Å². The zero-order chi connectivity index (χ0) is 34.1. The summed E-state index contributed by atoms with van der Waals surface area (Å²) in [7, 11) is -7.53. The Kier molecular flexibility index (Phi) is 13.6. The lowest BCUT2D eigenvalue weighted by Crippen LogP contribution is -2.50. The molecule has 5 fully saturated rings. The highest BCUT2D eigenvalue weighted by molar-refractivity contribution is 7.92. The van der Waals surface area contributed by atoms with Crippen LogP contribution in [-0.2, 0) is 34.4 Å². The van der Waals surface area contributed by atoms with Gasteiger partial charge in [0, 0.05) is 17.8 Å². The van der Waals surface area contributed by atoms with Gasteiger partial charge < -0.3 is 10.8 Å². The lowest BCUT2D eigenvalue weighted by Gasteiger charge is -2.15. The van der Waals surface area contributed by atoms with Gasteiger partial charge in [-0.3, -0.25) is 23.8 Å². The van der Waals surface area contributed by atoms with Gasteiger partial charge in [-0.25, -0.2) is 43.2 Å². The number of amides is 2. The van der Waals surface area contributed by atoms with Crippen LogP contribution in [0, 0.1) is 28.6 Å². The monoisotopic (exact) mass is 753 g/mol. The lowest BCUT2D eigenvalue weighted by atomic mass is 10.1. The summed E-state index contributed by atoms with van der Waals surface area (Å²) in [6.07, 6.45) is -5.85. The molecule has 0 unspecified atom stereocenters. The molecule has 5 aliphatic carbocycles. The second-order valence-electron chi connectivity index (χ2n) is 13.4. The van der Waals surface area contributed by atoms with Crippen LogP contribution in [0.5, 0.6) is 0 Å². The number of rotatable bonds is 10. The highest BCUT2D eigenvalue weighted by Gasteiger charge is 2.64. The summed E-state index contributed by atoms with van der Waals surface area (Å²) < 4.78 is 122. The molecular weight excluding hydrogens is 708 g/mol. The van der Waals surface area contributed by atoms with Crippen molar-refractivity contribution in [3.8, 4) is 0 Å². The highest BCUT2D eigenvalue weighted by atomic mass is 35.5. The van der Waals surface area contributed by atoms with Gasteiger partial charge in [-0.2, -0.15) is 0 Å². The third-order valence-corrected chi connectivity index (χ3v) is 14.0. The molecule has 5 rings (SSSR count). The van der Waals surface area contributed by atoms with Crippen LogP contribution in [0.4, 0.5) is 26.3 Å². The van der Waals surface area contributed by atoms with Crippen LogP contribution in [-0.4, -0.2) is 74.0 Å². The molecule has 2 amide bonds. The summed E-state index contributed by atoms with van der Waals surface area (Å²) >= 11 is 0. The van der Waals surface area contributed by atoms with Crippen LogP contribution >= 0.6 is 12.4 Å². The zero-order valence-corrected chi connectivity index (χ0v) is 27.2. The van der Waals surface area contributed by atoms with E-state index in [1.165, 1.54) is 20.8 Å². The molecular formula is C27H46ClF6N3O8S2. The fourth-order valence-electron chi connectivity index (χ4n) is 4.51. The van der Waals surface area contributed by atoms with Crippen molar-refractivity contribution in [1.82, 2.24) is 9.44 Å². The van der Waals surface area contributed by atoms with Crippen molar-refractivity contribution in [3.63, 3.8) is 0 Å². The molecule has 47 heavy (non-hydrogen) atoms. The first-order valence-corrected chi connectivity index (χ1v) is 16.7. The van der Waals surface area contributed by atoms with Gasteiger partial charge in [-0.05, 0) is 65.7 Å². The average Bonchev–Trinajstić information content (AvgIpc) is 3.67. The van der Waals surface area contributed by atoms with E-state index in [1.54, 1.807) is 6.92 Å². The number of hydrogen-bond acceptors (Lipinski definition) is 8. The number of carbonyl (C=O) groups is 3. The molecule has 5 aliphatic rings. The molecule has 0 aromatic heterocycles. The number of nitrogens with one attached hydrogen (secondary N) is 2. The Labute approximate surface area is 278 Å². The number of hydrogen-bond donors (Lipinski definition) is 4. The highest BCUT2D eigenvalue weighted by Crippen LogP contribution is 2.56. The van der Waals surface area contributed by atoms with Crippen molar-refractivity contribution in [2.75, 3.05) is 0 Å². The second kappa shape index (κ2) is 14.2. The van der Waals surface area contributed by atoms with Crippen molar-refractivity contribution in [2.24, 2.45) is 34.3 Å². The van der Waals surface area contributed by atoms with Gasteiger partial charge in [0.05, 0.1) is 20.3 Å². The van der Waals surface area contributed by atoms with E-state index in [9.17, 15) is 57.6 Å². The number of sulfonamides is 2. The predicted molar refractivity (Wildman–Crippen MR) is 163 cm³/mol. The normalized spacial score (nSPS) is 33.1. The fraction of sp³-hybridized carbons (Fsp3) is 0.889. The molecule has 5 N–H and O–H groups in total. The van der Waals surface area contributed by atoms with E-state index >= 15 is 0 Å². The number of nitrogens with two attached hydrogens (primary N) is 1. The molecule has 0 heterocycles. The van der Waals surface area contributed by atoms with E-state index < -0.39 is 101 Å². The molecule has 0 radical (unpaired) electrons. The van der Waals surface area contributed by atoms with Crippen molar-refractivity contribution >= 4 is 50.2 Å². The number of aliphatic carboxylic acids is 1. The molecule has 0 spiro atoms. The molecule has 6 atom stereocenters. The summed E-state index contributed by atoms with van der Waals surface area (Å²) in [4.78, 5) is 33.6.